The van der Waals surface area contributed by atoms with Crippen molar-refractivity contribution < 1.29 is 4.79 Å². The fourth-order valence-corrected chi connectivity index (χ4v) is 2.48. The number of likely N-dealkylation sites (N-methyl/N-ethyl adjacent to an activating group) is 1. The van der Waals surface area contributed by atoms with Crippen molar-refractivity contribution in [2.24, 2.45) is 0 Å². The molecular formula is C16H26N4O. The summed E-state index contributed by atoms with van der Waals surface area (Å²) < 4.78 is 0. The zero-order valence-corrected chi connectivity index (χ0v) is 13.7. The Labute approximate surface area is 127 Å². The zero-order chi connectivity index (χ0) is 15.8. The summed E-state index contributed by atoms with van der Waals surface area (Å²) in [5.41, 5.74) is 7.25. The molecule has 1 amide bonds. The number of nitrogens with zero attached hydrogens (tertiary/aromatic N) is 3. The molecule has 0 radical (unpaired) electrons. The maximum absolute atomic E-state index is 12.7. The van der Waals surface area contributed by atoms with Crippen molar-refractivity contribution in [3.05, 3.63) is 23.4 Å². The van der Waals surface area contributed by atoms with Gasteiger partial charge in [-0.1, -0.05) is 20.8 Å². The number of amides is 1. The minimum Gasteiger partial charge on any atom is -0.384 e. The van der Waals surface area contributed by atoms with Crippen LogP contribution >= 0.6 is 0 Å². The number of pyridine rings is 1. The van der Waals surface area contributed by atoms with Gasteiger partial charge in [-0.25, -0.2) is 4.98 Å². The van der Waals surface area contributed by atoms with Crippen LogP contribution in [0, 0.1) is 0 Å². The SMILES string of the molecule is CC1CN(C(=O)c2cc(N)nc(C(C)(C)C)c2)CCN1C. The number of carbonyl (C=O) groups excluding carboxylic acids is 1. The number of anilines is 1. The van der Waals surface area contributed by atoms with Crippen LogP contribution in [-0.2, 0) is 5.41 Å². The molecule has 1 aromatic rings. The maximum atomic E-state index is 12.7. The van der Waals surface area contributed by atoms with Crippen LogP contribution < -0.4 is 5.73 Å². The summed E-state index contributed by atoms with van der Waals surface area (Å²) in [4.78, 5) is 21.2. The highest BCUT2D eigenvalue weighted by molar-refractivity contribution is 5.95. The minimum atomic E-state index is -0.125. The van der Waals surface area contributed by atoms with Crippen molar-refractivity contribution in [1.29, 1.82) is 0 Å². The van der Waals surface area contributed by atoms with Crippen LogP contribution in [0.3, 0.4) is 0 Å². The van der Waals surface area contributed by atoms with Gasteiger partial charge in [0.05, 0.1) is 0 Å². The molecule has 1 aliphatic rings. The van der Waals surface area contributed by atoms with Gasteiger partial charge < -0.3 is 15.5 Å². The summed E-state index contributed by atoms with van der Waals surface area (Å²) in [5, 5.41) is 0. The summed E-state index contributed by atoms with van der Waals surface area (Å²) in [6.45, 7) is 10.8. The van der Waals surface area contributed by atoms with E-state index in [1.165, 1.54) is 0 Å². The Bertz CT molecular complexity index is 536. The van der Waals surface area contributed by atoms with E-state index in [9.17, 15) is 4.79 Å². The molecule has 1 fully saturated rings. The van der Waals surface area contributed by atoms with Gasteiger partial charge in [0.25, 0.3) is 5.91 Å². The smallest absolute Gasteiger partial charge is 0.254 e. The van der Waals surface area contributed by atoms with Crippen LogP contribution in [-0.4, -0.2) is 53.4 Å². The molecule has 0 aromatic carbocycles. The van der Waals surface area contributed by atoms with Crippen LogP contribution in [0.5, 0.6) is 0 Å². The molecular weight excluding hydrogens is 264 g/mol. The first kappa shape index (κ1) is 15.8. The molecule has 0 saturated carbocycles. The van der Waals surface area contributed by atoms with E-state index in [0.29, 0.717) is 17.4 Å². The maximum Gasteiger partial charge on any atom is 0.254 e. The number of piperazine rings is 1. The van der Waals surface area contributed by atoms with Gasteiger partial charge in [-0.2, -0.15) is 0 Å². The molecule has 0 bridgehead atoms. The second kappa shape index (κ2) is 5.64. The van der Waals surface area contributed by atoms with Crippen LogP contribution in [0.25, 0.3) is 0 Å². The lowest BCUT2D eigenvalue weighted by molar-refractivity contribution is 0.0572. The normalized spacial score (nSPS) is 20.6. The van der Waals surface area contributed by atoms with Crippen molar-refractivity contribution in [2.45, 2.75) is 39.2 Å². The second-order valence-electron chi connectivity index (χ2n) is 7.00. The molecule has 1 aromatic heterocycles. The van der Waals surface area contributed by atoms with Crippen molar-refractivity contribution in [3.8, 4) is 0 Å². The molecule has 5 heteroatoms. The Morgan fingerprint density at radius 3 is 2.57 bits per heavy atom. The lowest BCUT2D eigenvalue weighted by atomic mass is 9.90. The Hall–Kier alpha value is -1.62. The van der Waals surface area contributed by atoms with Gasteiger partial charge in [0, 0.05) is 42.3 Å². The van der Waals surface area contributed by atoms with Crippen molar-refractivity contribution >= 4 is 11.7 Å². The van der Waals surface area contributed by atoms with E-state index < -0.39 is 0 Å². The third-order valence-corrected chi connectivity index (χ3v) is 4.11. The number of hydrogen-bond donors (Lipinski definition) is 1. The summed E-state index contributed by atoms with van der Waals surface area (Å²) in [6, 6.07) is 3.94. The summed E-state index contributed by atoms with van der Waals surface area (Å²) in [7, 11) is 2.09. The van der Waals surface area contributed by atoms with Crippen LogP contribution in [0.4, 0.5) is 5.82 Å². The molecule has 2 rings (SSSR count). The quantitative estimate of drug-likeness (QED) is 0.855. The first-order valence-corrected chi connectivity index (χ1v) is 7.46. The van der Waals surface area contributed by atoms with Gasteiger partial charge in [-0.05, 0) is 26.1 Å². The van der Waals surface area contributed by atoms with Crippen LogP contribution in [0.1, 0.15) is 43.7 Å². The monoisotopic (exact) mass is 290 g/mol. The number of carbonyl (C=O) groups is 1. The highest BCUT2D eigenvalue weighted by atomic mass is 16.2. The first-order valence-electron chi connectivity index (χ1n) is 7.46. The Morgan fingerprint density at radius 2 is 2.00 bits per heavy atom. The van der Waals surface area contributed by atoms with Gasteiger partial charge in [0.1, 0.15) is 5.82 Å². The van der Waals surface area contributed by atoms with Crippen molar-refractivity contribution in [2.75, 3.05) is 32.4 Å². The third-order valence-electron chi connectivity index (χ3n) is 4.11. The zero-order valence-electron chi connectivity index (χ0n) is 13.7. The molecule has 1 saturated heterocycles. The second-order valence-corrected chi connectivity index (χ2v) is 7.00. The van der Waals surface area contributed by atoms with Gasteiger partial charge in [0.15, 0.2) is 0 Å². The fourth-order valence-electron chi connectivity index (χ4n) is 2.48. The summed E-state index contributed by atoms with van der Waals surface area (Å²) in [6.07, 6.45) is 0. The average molecular weight is 290 g/mol. The fraction of sp³-hybridized carbons (Fsp3) is 0.625. The number of rotatable bonds is 1. The number of hydrogen-bond acceptors (Lipinski definition) is 4. The highest BCUT2D eigenvalue weighted by Gasteiger charge is 2.26. The van der Waals surface area contributed by atoms with Gasteiger partial charge in [0.2, 0.25) is 0 Å². The van der Waals surface area contributed by atoms with Gasteiger partial charge in [-0.3, -0.25) is 4.79 Å². The lowest BCUT2D eigenvalue weighted by Crippen LogP contribution is -2.52. The minimum absolute atomic E-state index is 0.0505. The predicted octanol–water partition coefficient (Wildman–Crippen LogP) is 1.74. The van der Waals surface area contributed by atoms with Crippen molar-refractivity contribution in [1.82, 2.24) is 14.8 Å². The van der Waals surface area contributed by atoms with E-state index in [1.54, 1.807) is 6.07 Å². The topological polar surface area (TPSA) is 62.5 Å². The molecule has 2 heterocycles. The first-order chi connectivity index (χ1) is 9.68. The Kier molecular flexibility index (Phi) is 4.23. The standard InChI is InChI=1S/C16H26N4O/c1-11-10-20(7-6-19(11)5)15(21)12-8-13(16(2,3)4)18-14(17)9-12/h8-9,11H,6-7,10H2,1-5H3,(H2,17,18). The summed E-state index contributed by atoms with van der Waals surface area (Å²) >= 11 is 0. The highest BCUT2D eigenvalue weighted by Crippen LogP contribution is 2.23. The molecule has 1 atom stereocenters. The molecule has 0 spiro atoms. The van der Waals surface area contributed by atoms with Crippen LogP contribution in [0.15, 0.2) is 12.1 Å². The number of nitrogens with two attached hydrogens (primary N) is 1. The molecule has 116 valence electrons. The number of nitrogen functional groups attached to an aromatic ring is 1. The summed E-state index contributed by atoms with van der Waals surface area (Å²) in [5.74, 6) is 0.461. The van der Waals surface area contributed by atoms with Gasteiger partial charge >= 0.3 is 0 Å². The molecule has 0 aliphatic carbocycles. The van der Waals surface area contributed by atoms with Crippen LogP contribution in [0.2, 0.25) is 0 Å². The predicted molar refractivity (Wildman–Crippen MR) is 85.3 cm³/mol. The molecule has 2 N–H and O–H groups in total. The van der Waals surface area contributed by atoms with Crippen molar-refractivity contribution in [3.63, 3.8) is 0 Å². The molecule has 5 nitrogen and oxygen atoms in total. The van der Waals surface area contributed by atoms with Gasteiger partial charge in [-0.15, -0.1) is 0 Å². The third kappa shape index (κ3) is 3.53. The number of aromatic nitrogens is 1. The van der Waals surface area contributed by atoms with E-state index in [-0.39, 0.29) is 11.3 Å². The Morgan fingerprint density at radius 1 is 1.33 bits per heavy atom. The average Bonchev–Trinajstić information content (AvgIpc) is 2.39. The van der Waals surface area contributed by atoms with E-state index in [4.69, 9.17) is 5.73 Å². The van der Waals surface area contributed by atoms with E-state index in [1.807, 2.05) is 11.0 Å². The van der Waals surface area contributed by atoms with E-state index >= 15 is 0 Å². The molecule has 1 aliphatic heterocycles. The van der Waals surface area contributed by atoms with E-state index in [0.717, 1.165) is 25.3 Å². The van der Waals surface area contributed by atoms with E-state index in [2.05, 4.69) is 44.6 Å². The largest absolute Gasteiger partial charge is 0.384 e. The lowest BCUT2D eigenvalue weighted by Gasteiger charge is -2.37. The molecule has 1 unspecified atom stereocenters. The molecule has 21 heavy (non-hydrogen) atoms. The Balaban J connectivity index is 2.25.